The molecule has 5 rings (SSSR count). The molecule has 2 amide bonds. The smallest absolute Gasteiger partial charge is 0.311 e. The summed E-state index contributed by atoms with van der Waals surface area (Å²) < 4.78 is 22.9. The predicted octanol–water partition coefficient (Wildman–Crippen LogP) is 12.9. The van der Waals surface area contributed by atoms with Crippen molar-refractivity contribution >= 4 is 34.8 Å². The molecule has 334 valence electrons. The number of carbonyl (C=O) groups is 4. The number of fused-ring (bicyclic) bond motifs is 3. The highest BCUT2D eigenvalue weighted by Crippen LogP contribution is 2.45. The lowest BCUT2D eigenvalue weighted by atomic mass is 10.0. The van der Waals surface area contributed by atoms with Crippen molar-refractivity contribution in [3.63, 3.8) is 0 Å². The van der Waals surface area contributed by atoms with Crippen LogP contribution in [0.5, 0.6) is 23.0 Å². The summed E-state index contributed by atoms with van der Waals surface area (Å²) in [5.41, 5.74) is 0.480. The Kier molecular flexibility index (Phi) is 20.8. The molecule has 61 heavy (non-hydrogen) atoms. The monoisotopic (exact) mass is 842 g/mol. The second-order valence-electron chi connectivity index (χ2n) is 17.0. The van der Waals surface area contributed by atoms with Gasteiger partial charge in [0.25, 0.3) is 11.8 Å². The number of hydrogen-bond donors (Lipinski definition) is 0. The largest absolute Gasteiger partial charge is 0.454 e. The summed E-state index contributed by atoms with van der Waals surface area (Å²) in [6.07, 6.45) is 33.9. The van der Waals surface area contributed by atoms with Crippen LogP contribution >= 0.6 is 0 Å². The highest BCUT2D eigenvalue weighted by Gasteiger charge is 2.44. The summed E-state index contributed by atoms with van der Waals surface area (Å²) >= 11 is 0. The minimum atomic E-state index is -0.678. The van der Waals surface area contributed by atoms with E-state index in [1.807, 2.05) is 0 Å². The molecule has 0 aliphatic carbocycles. The van der Waals surface area contributed by atoms with E-state index in [1.54, 1.807) is 18.2 Å². The van der Waals surface area contributed by atoms with E-state index in [-0.39, 0.29) is 59.8 Å². The maximum absolute atomic E-state index is 14.3. The Morgan fingerprint density at radius 3 is 1.33 bits per heavy atom. The van der Waals surface area contributed by atoms with Crippen LogP contribution < -0.4 is 18.9 Å². The first-order chi connectivity index (χ1) is 29.9. The van der Waals surface area contributed by atoms with Crippen molar-refractivity contribution in [3.05, 3.63) is 47.3 Å². The van der Waals surface area contributed by atoms with Crippen LogP contribution in [0.1, 0.15) is 220 Å². The number of ether oxygens (including phenoxy) is 4. The van der Waals surface area contributed by atoms with Crippen LogP contribution in [0.15, 0.2) is 30.6 Å². The maximum atomic E-state index is 14.3. The molecule has 2 aliphatic rings. The van der Waals surface area contributed by atoms with Crippen molar-refractivity contribution in [3.8, 4) is 23.0 Å². The van der Waals surface area contributed by atoms with Crippen molar-refractivity contribution in [1.82, 2.24) is 14.9 Å². The number of unbranched alkanes of at least 4 members (excludes halogenated alkanes) is 24. The number of benzene rings is 2. The van der Waals surface area contributed by atoms with Crippen LogP contribution in [0.4, 0.5) is 0 Å². The number of carbonyl (C=O) groups excluding carboxylic acids is 4. The topological polar surface area (TPSA) is 134 Å². The number of esters is 2. The first-order valence-electron chi connectivity index (χ1n) is 23.9. The third kappa shape index (κ3) is 14.8. The zero-order valence-electron chi connectivity index (χ0n) is 37.2. The van der Waals surface area contributed by atoms with Gasteiger partial charge in [-0.15, -0.1) is 0 Å². The summed E-state index contributed by atoms with van der Waals surface area (Å²) in [7, 11) is 0. The van der Waals surface area contributed by atoms with Gasteiger partial charge in [-0.25, -0.2) is 9.97 Å². The molecule has 0 saturated heterocycles. The van der Waals surface area contributed by atoms with Gasteiger partial charge in [0.1, 0.15) is 22.2 Å². The molecule has 3 aromatic rings. The fourth-order valence-electron chi connectivity index (χ4n) is 8.37. The minimum Gasteiger partial charge on any atom is -0.454 e. The highest BCUT2D eigenvalue weighted by atomic mass is 16.7. The van der Waals surface area contributed by atoms with Crippen molar-refractivity contribution in [2.24, 2.45) is 0 Å². The van der Waals surface area contributed by atoms with E-state index < -0.39 is 23.8 Å². The Hall–Kier alpha value is -4.54. The van der Waals surface area contributed by atoms with Crippen LogP contribution in [0.3, 0.4) is 0 Å². The van der Waals surface area contributed by atoms with E-state index in [0.717, 1.165) is 43.4 Å². The summed E-state index contributed by atoms with van der Waals surface area (Å²) in [6, 6.07) is 5.20. The average molecular weight is 842 g/mol. The second-order valence-corrected chi connectivity index (χ2v) is 17.0. The van der Waals surface area contributed by atoms with Gasteiger partial charge in [0.15, 0.2) is 23.0 Å². The van der Waals surface area contributed by atoms with E-state index >= 15 is 0 Å². The number of hydrogen-bond acceptors (Lipinski definition) is 10. The van der Waals surface area contributed by atoms with Crippen LogP contribution in [-0.4, -0.2) is 45.4 Å². The highest BCUT2D eigenvalue weighted by molar-refractivity contribution is 6.27. The van der Waals surface area contributed by atoms with Gasteiger partial charge < -0.3 is 18.9 Å². The van der Waals surface area contributed by atoms with Gasteiger partial charge in [0.2, 0.25) is 6.79 Å². The number of amides is 2. The van der Waals surface area contributed by atoms with E-state index in [0.29, 0.717) is 29.9 Å². The standard InChI is InChI=1S/C50H71N3O8/c1-3-5-7-9-11-13-15-17-19-21-23-25-27-29-41(54)60-47-43-44(50(57)53(49(43)56)36-38-31-32-39-40(35-38)59-37-58-39)48(46-45(47)51-33-34-52-46)61-42(55)30-28-26-24-22-20-18-16-14-12-10-8-6-4-2/h31-35H,3-30,36-37H2,1-2H3. The number of imide groups is 1. The number of rotatable bonds is 32. The van der Waals surface area contributed by atoms with E-state index in [4.69, 9.17) is 18.9 Å². The molecule has 0 bridgehead atoms. The third-order valence-corrected chi connectivity index (χ3v) is 11.9. The number of nitrogens with zero attached hydrogens (tertiary/aromatic N) is 3. The van der Waals surface area contributed by atoms with Crippen molar-refractivity contribution in [2.45, 2.75) is 200 Å². The van der Waals surface area contributed by atoms with Crippen molar-refractivity contribution < 1.29 is 38.1 Å². The van der Waals surface area contributed by atoms with Crippen LogP contribution in [0.25, 0.3) is 11.0 Å². The molecule has 11 heteroatoms. The Morgan fingerprint density at radius 1 is 0.541 bits per heavy atom. The zero-order chi connectivity index (χ0) is 43.1. The molecule has 11 nitrogen and oxygen atoms in total. The molecule has 0 unspecified atom stereocenters. The van der Waals surface area contributed by atoms with E-state index in [9.17, 15) is 19.2 Å². The van der Waals surface area contributed by atoms with Crippen LogP contribution in [0, 0.1) is 0 Å². The zero-order valence-corrected chi connectivity index (χ0v) is 37.2. The molecule has 0 fully saturated rings. The first kappa shape index (κ1) is 47.5. The van der Waals surface area contributed by atoms with Gasteiger partial charge in [0, 0.05) is 25.2 Å². The first-order valence-corrected chi connectivity index (χ1v) is 23.9. The minimum absolute atomic E-state index is 0.0785. The third-order valence-electron chi connectivity index (χ3n) is 11.9. The normalized spacial score (nSPS) is 13.0. The van der Waals surface area contributed by atoms with Gasteiger partial charge in [-0.1, -0.05) is 174 Å². The lowest BCUT2D eigenvalue weighted by Crippen LogP contribution is -2.29. The molecular formula is C50H71N3O8. The molecule has 0 spiro atoms. The molecule has 0 radical (unpaired) electrons. The van der Waals surface area contributed by atoms with Gasteiger partial charge in [-0.2, -0.15) is 0 Å². The average Bonchev–Trinajstić information content (AvgIpc) is 3.83. The Bertz CT molecular complexity index is 1760. The molecule has 1 aromatic heterocycles. The maximum Gasteiger partial charge on any atom is 0.311 e. The van der Waals surface area contributed by atoms with Crippen LogP contribution in [0.2, 0.25) is 0 Å². The molecular weight excluding hydrogens is 771 g/mol. The van der Waals surface area contributed by atoms with E-state index in [2.05, 4.69) is 23.8 Å². The SMILES string of the molecule is CCCCCCCCCCCCCCCC(=O)Oc1c2c(c(OC(=O)CCCCCCCCCCCCCCC)c3nccnc13)C(=O)N(Cc1ccc3c(c1)OCO3)C2=O. The lowest BCUT2D eigenvalue weighted by molar-refractivity contribution is -0.135. The lowest BCUT2D eigenvalue weighted by Gasteiger charge is -2.14. The molecule has 2 aromatic carbocycles. The van der Waals surface area contributed by atoms with Crippen molar-refractivity contribution in [2.75, 3.05) is 6.79 Å². The molecule has 3 heterocycles. The van der Waals surface area contributed by atoms with E-state index in [1.165, 1.54) is 128 Å². The molecule has 0 atom stereocenters. The Balaban J connectivity index is 1.19. The second kappa shape index (κ2) is 26.7. The molecule has 0 saturated carbocycles. The molecule has 0 N–H and O–H groups in total. The molecule has 2 aliphatic heterocycles. The number of aromatic nitrogens is 2. The summed E-state index contributed by atoms with van der Waals surface area (Å²) in [4.78, 5) is 65.4. The summed E-state index contributed by atoms with van der Waals surface area (Å²) in [6.45, 7) is 4.48. The van der Waals surface area contributed by atoms with Gasteiger partial charge in [-0.05, 0) is 30.5 Å². The van der Waals surface area contributed by atoms with Gasteiger partial charge >= 0.3 is 11.9 Å². The fourth-order valence-corrected chi connectivity index (χ4v) is 8.37. The van der Waals surface area contributed by atoms with Gasteiger partial charge in [0.05, 0.1) is 6.54 Å². The summed E-state index contributed by atoms with van der Waals surface area (Å²) in [5, 5.41) is 0. The summed E-state index contributed by atoms with van der Waals surface area (Å²) in [5.74, 6) is -1.60. The van der Waals surface area contributed by atoms with Gasteiger partial charge in [-0.3, -0.25) is 24.1 Å². The Labute approximate surface area is 364 Å². The quantitative estimate of drug-likeness (QED) is 0.0259. The van der Waals surface area contributed by atoms with Crippen LogP contribution in [-0.2, 0) is 16.1 Å². The van der Waals surface area contributed by atoms with Crippen molar-refractivity contribution in [1.29, 1.82) is 0 Å². The Morgan fingerprint density at radius 2 is 0.918 bits per heavy atom. The fraction of sp³-hybridized carbons (Fsp3) is 0.640. The predicted molar refractivity (Wildman–Crippen MR) is 238 cm³/mol.